The molecule has 0 bridgehead atoms. The fourth-order valence-electron chi connectivity index (χ4n) is 5.89. The van der Waals surface area contributed by atoms with Crippen LogP contribution in [0.2, 0.25) is 0 Å². The summed E-state index contributed by atoms with van der Waals surface area (Å²) in [7, 11) is 0. The van der Waals surface area contributed by atoms with Crippen molar-refractivity contribution in [3.05, 3.63) is 64.8 Å². The molecule has 9 heteroatoms. The van der Waals surface area contributed by atoms with E-state index in [4.69, 9.17) is 14.5 Å². The van der Waals surface area contributed by atoms with E-state index in [2.05, 4.69) is 40.7 Å². The molecule has 2 heterocycles. The quantitative estimate of drug-likeness (QED) is 0.231. The number of nitrogens with zero attached hydrogens (tertiary/aromatic N) is 3. The first-order chi connectivity index (χ1) is 20.9. The number of anilines is 4. The van der Waals surface area contributed by atoms with Crippen LogP contribution in [0.5, 0.6) is 5.75 Å². The zero-order chi connectivity index (χ0) is 31.6. The van der Waals surface area contributed by atoms with Gasteiger partial charge < -0.3 is 30.1 Å². The van der Waals surface area contributed by atoms with Crippen molar-refractivity contribution in [2.24, 2.45) is 0 Å². The van der Waals surface area contributed by atoms with E-state index in [0.29, 0.717) is 30.8 Å². The van der Waals surface area contributed by atoms with Crippen molar-refractivity contribution >= 4 is 29.2 Å². The van der Waals surface area contributed by atoms with Gasteiger partial charge in [0.1, 0.15) is 17.2 Å². The van der Waals surface area contributed by atoms with Gasteiger partial charge in [0.05, 0.1) is 18.4 Å². The van der Waals surface area contributed by atoms with Crippen molar-refractivity contribution in [2.45, 2.75) is 97.2 Å². The number of likely N-dealkylation sites (tertiary alicyclic amines) is 1. The molecule has 0 atom stereocenters. The van der Waals surface area contributed by atoms with E-state index in [1.165, 1.54) is 5.56 Å². The molecule has 0 unspecified atom stereocenters. The van der Waals surface area contributed by atoms with Gasteiger partial charge in [0.2, 0.25) is 5.95 Å². The van der Waals surface area contributed by atoms with Gasteiger partial charge in [0, 0.05) is 36.0 Å². The molecule has 0 spiro atoms. The summed E-state index contributed by atoms with van der Waals surface area (Å²) in [4.78, 5) is 23.8. The summed E-state index contributed by atoms with van der Waals surface area (Å²) in [5, 5.41) is 17.0. The molecule has 1 aliphatic carbocycles. The van der Waals surface area contributed by atoms with Crippen molar-refractivity contribution in [1.29, 1.82) is 0 Å². The van der Waals surface area contributed by atoms with Crippen molar-refractivity contribution < 1.29 is 19.4 Å². The number of carbonyl (C=O) groups excluding carboxylic acids is 1. The van der Waals surface area contributed by atoms with Gasteiger partial charge in [-0.1, -0.05) is 18.2 Å². The Labute approximate surface area is 261 Å². The summed E-state index contributed by atoms with van der Waals surface area (Å²) >= 11 is 0. The number of aromatic nitrogens is 2. The highest BCUT2D eigenvalue weighted by molar-refractivity contribution is 5.70. The van der Waals surface area contributed by atoms with Gasteiger partial charge in [-0.3, -0.25) is 0 Å². The largest absolute Gasteiger partial charge is 0.489 e. The summed E-state index contributed by atoms with van der Waals surface area (Å²) < 4.78 is 11.9. The minimum Gasteiger partial charge on any atom is -0.489 e. The summed E-state index contributed by atoms with van der Waals surface area (Å²) in [6.07, 6.45) is 5.23. The number of aliphatic hydroxyl groups is 1. The zero-order valence-corrected chi connectivity index (χ0v) is 27.2. The Morgan fingerprint density at radius 3 is 2.41 bits per heavy atom. The van der Waals surface area contributed by atoms with Crippen LogP contribution in [0.4, 0.5) is 27.9 Å². The Kier molecular flexibility index (Phi) is 9.07. The van der Waals surface area contributed by atoms with Crippen molar-refractivity contribution in [3.8, 4) is 5.75 Å². The maximum Gasteiger partial charge on any atom is 0.410 e. The Bertz CT molecular complexity index is 1490. The fraction of sp³-hybridized carbons (Fsp3) is 0.514. The van der Waals surface area contributed by atoms with Crippen LogP contribution in [-0.4, -0.2) is 57.5 Å². The van der Waals surface area contributed by atoms with Crippen LogP contribution in [0.25, 0.3) is 0 Å². The van der Waals surface area contributed by atoms with E-state index >= 15 is 0 Å². The monoisotopic (exact) mass is 601 g/mol. The Morgan fingerprint density at radius 2 is 1.77 bits per heavy atom. The number of hydrogen-bond acceptors (Lipinski definition) is 8. The maximum atomic E-state index is 12.6. The van der Waals surface area contributed by atoms with E-state index in [-0.39, 0.29) is 24.2 Å². The molecule has 44 heavy (non-hydrogen) atoms. The number of benzene rings is 2. The molecule has 3 N–H and O–H groups in total. The van der Waals surface area contributed by atoms with Crippen molar-refractivity contribution in [2.75, 3.05) is 30.3 Å². The average molecular weight is 602 g/mol. The molecule has 5 rings (SSSR count). The second kappa shape index (κ2) is 12.6. The fourth-order valence-corrected chi connectivity index (χ4v) is 5.89. The van der Waals surface area contributed by atoms with E-state index in [9.17, 15) is 9.90 Å². The molecule has 1 amide bonds. The predicted octanol–water partition coefficient (Wildman–Crippen LogP) is 7.51. The predicted molar refractivity (Wildman–Crippen MR) is 174 cm³/mol. The number of para-hydroxylation sites is 1. The van der Waals surface area contributed by atoms with Crippen LogP contribution in [-0.2, 0) is 10.2 Å². The first-order valence-corrected chi connectivity index (χ1v) is 15.7. The van der Waals surface area contributed by atoms with Gasteiger partial charge in [-0.25, -0.2) is 9.78 Å². The highest BCUT2D eigenvalue weighted by Gasteiger charge is 2.45. The van der Waals surface area contributed by atoms with Crippen molar-refractivity contribution in [3.63, 3.8) is 0 Å². The molecule has 2 aliphatic rings. The maximum absolute atomic E-state index is 12.6. The first kappa shape index (κ1) is 31.6. The summed E-state index contributed by atoms with van der Waals surface area (Å²) in [5.41, 5.74) is 5.51. The normalized spacial score (nSPS) is 16.5. The Hall–Kier alpha value is -3.85. The SMILES string of the molecule is Cc1cc(Nc2ncc(C)c(Nc3ccccc3C3(CO)CC3)n2)c(OC(C)C)cc1C1CCN(C(=O)OC(C)(C)C)CC1. The molecule has 2 aromatic carbocycles. The lowest BCUT2D eigenvalue weighted by Crippen LogP contribution is -2.41. The third kappa shape index (κ3) is 7.26. The minimum absolute atomic E-state index is 0.0194. The Morgan fingerprint density at radius 1 is 1.07 bits per heavy atom. The number of rotatable bonds is 9. The molecule has 9 nitrogen and oxygen atoms in total. The number of amides is 1. The molecule has 236 valence electrons. The zero-order valence-electron chi connectivity index (χ0n) is 27.2. The van der Waals surface area contributed by atoms with Crippen LogP contribution in [0.1, 0.15) is 88.5 Å². The molecule has 1 saturated heterocycles. The van der Waals surface area contributed by atoms with Crippen LogP contribution >= 0.6 is 0 Å². The second-order valence-corrected chi connectivity index (χ2v) is 13.6. The number of carbonyl (C=O) groups is 1. The first-order valence-electron chi connectivity index (χ1n) is 15.7. The number of hydrogen-bond donors (Lipinski definition) is 3. The van der Waals surface area contributed by atoms with Crippen LogP contribution in [0.15, 0.2) is 42.6 Å². The second-order valence-electron chi connectivity index (χ2n) is 13.6. The van der Waals surface area contributed by atoms with E-state index in [0.717, 1.165) is 59.5 Å². The van der Waals surface area contributed by atoms with E-state index in [1.54, 1.807) is 0 Å². The van der Waals surface area contributed by atoms with Gasteiger partial charge in [-0.2, -0.15) is 4.98 Å². The van der Waals surface area contributed by atoms with Gasteiger partial charge in [-0.15, -0.1) is 0 Å². The highest BCUT2D eigenvalue weighted by Crippen LogP contribution is 2.50. The molecule has 1 aromatic heterocycles. The summed E-state index contributed by atoms with van der Waals surface area (Å²) in [6, 6.07) is 12.4. The number of aryl methyl sites for hydroxylation is 2. The lowest BCUT2D eigenvalue weighted by Gasteiger charge is -2.34. The van der Waals surface area contributed by atoms with Gasteiger partial charge in [0.25, 0.3) is 0 Å². The standard InChI is InChI=1S/C35H47N5O4/c1-22(2)43-30-19-26(25-12-16-40(17-13-25)33(42)44-34(5,6)7)23(3)18-29(30)38-32-36-20-24(4)31(39-32)37-28-11-9-8-10-27(28)35(21-41)14-15-35/h8-11,18-20,22,25,41H,12-17,21H2,1-7H3,(H2,36,37,38,39). The minimum atomic E-state index is -0.502. The molecule has 1 saturated carbocycles. The van der Waals surface area contributed by atoms with Crippen LogP contribution in [0.3, 0.4) is 0 Å². The molecule has 3 aromatic rings. The van der Waals surface area contributed by atoms with Gasteiger partial charge >= 0.3 is 6.09 Å². The van der Waals surface area contributed by atoms with Crippen LogP contribution in [0, 0.1) is 13.8 Å². The van der Waals surface area contributed by atoms with E-state index in [1.807, 2.05) is 70.8 Å². The topological polar surface area (TPSA) is 109 Å². The molecular formula is C35H47N5O4. The Balaban J connectivity index is 1.35. The third-order valence-electron chi connectivity index (χ3n) is 8.44. The molecule has 0 radical (unpaired) electrons. The summed E-state index contributed by atoms with van der Waals surface area (Å²) in [5.74, 6) is 2.24. The lowest BCUT2D eigenvalue weighted by molar-refractivity contribution is 0.0204. The highest BCUT2D eigenvalue weighted by atomic mass is 16.6. The number of ether oxygens (including phenoxy) is 2. The van der Waals surface area contributed by atoms with Gasteiger partial charge in [-0.05, 0) is 115 Å². The molecular weight excluding hydrogens is 554 g/mol. The third-order valence-corrected chi connectivity index (χ3v) is 8.44. The molecule has 2 fully saturated rings. The number of piperidine rings is 1. The summed E-state index contributed by atoms with van der Waals surface area (Å²) in [6.45, 7) is 15.3. The van der Waals surface area contributed by atoms with Gasteiger partial charge in [0.15, 0.2) is 0 Å². The smallest absolute Gasteiger partial charge is 0.410 e. The number of aliphatic hydroxyl groups excluding tert-OH is 1. The van der Waals surface area contributed by atoms with Crippen molar-refractivity contribution in [1.82, 2.24) is 14.9 Å². The number of nitrogens with one attached hydrogen (secondary N) is 2. The molecule has 1 aliphatic heterocycles. The van der Waals surface area contributed by atoms with Crippen LogP contribution < -0.4 is 15.4 Å². The lowest BCUT2D eigenvalue weighted by atomic mass is 9.86. The average Bonchev–Trinajstić information content (AvgIpc) is 3.77. The van der Waals surface area contributed by atoms with E-state index < -0.39 is 5.60 Å².